The normalized spacial score (nSPS) is 12.4. The van der Waals surface area contributed by atoms with E-state index in [1.54, 1.807) is 0 Å². The second kappa shape index (κ2) is 9.42. The molecular weight excluding hydrogens is 569 g/mol. The first kappa shape index (κ1) is 24.8. The molecule has 4 aromatic heterocycles. The minimum Gasteiger partial charge on any atom is -0.309 e. The fourth-order valence-electron chi connectivity index (χ4n) is 7.17. The van der Waals surface area contributed by atoms with Crippen LogP contribution in [0.15, 0.2) is 156 Å². The van der Waals surface area contributed by atoms with Gasteiger partial charge in [-0.05, 0) is 71.8 Å². The highest BCUT2D eigenvalue weighted by Gasteiger charge is 2.27. The van der Waals surface area contributed by atoms with E-state index in [4.69, 9.17) is 0 Å². The highest BCUT2D eigenvalue weighted by Crippen LogP contribution is 2.51. The summed E-state index contributed by atoms with van der Waals surface area (Å²) in [4.78, 5) is 11.4. The van der Waals surface area contributed by atoms with Gasteiger partial charge in [-0.1, -0.05) is 72.4 Å². The Balaban J connectivity index is 1.37. The molecule has 10 rings (SSSR count). The highest BCUT2D eigenvalue weighted by molar-refractivity contribution is 7.99. The first-order chi connectivity index (χ1) is 22.3. The second-order valence-electron chi connectivity index (χ2n) is 11.5. The Labute approximate surface area is 263 Å². The van der Waals surface area contributed by atoms with Gasteiger partial charge in [-0.25, -0.2) is 0 Å². The van der Waals surface area contributed by atoms with E-state index in [-0.39, 0.29) is 0 Å². The molecule has 0 N–H and O–H groups in total. The van der Waals surface area contributed by atoms with E-state index >= 15 is 0 Å². The molecule has 0 fully saturated rings. The number of pyridine rings is 2. The van der Waals surface area contributed by atoms with Crippen LogP contribution < -0.4 is 0 Å². The van der Waals surface area contributed by atoms with Gasteiger partial charge in [0.25, 0.3) is 0 Å². The minimum atomic E-state index is 1.08. The fraction of sp³-hybridized carbons (Fsp3) is 0. The molecule has 4 nitrogen and oxygen atoms in total. The summed E-state index contributed by atoms with van der Waals surface area (Å²) < 4.78 is 4.93. The number of hydrogen-bond donors (Lipinski definition) is 0. The molecule has 1 aliphatic rings. The number of benzene rings is 5. The van der Waals surface area contributed by atoms with Gasteiger partial charge in [-0.3, -0.25) is 9.97 Å². The zero-order valence-corrected chi connectivity index (χ0v) is 24.9. The lowest BCUT2D eigenvalue weighted by molar-refractivity contribution is 1.09. The zero-order chi connectivity index (χ0) is 29.5. The minimum absolute atomic E-state index is 1.08. The van der Waals surface area contributed by atoms with Crippen molar-refractivity contribution in [3.63, 3.8) is 0 Å². The molecule has 210 valence electrons. The molecule has 0 aliphatic carbocycles. The topological polar surface area (TPSA) is 35.6 Å². The van der Waals surface area contributed by atoms with Gasteiger partial charge in [0.15, 0.2) is 0 Å². The van der Waals surface area contributed by atoms with Crippen LogP contribution >= 0.6 is 11.8 Å². The smallest absolute Gasteiger partial charge is 0.0688 e. The first-order valence-electron chi connectivity index (χ1n) is 15.1. The summed E-state index contributed by atoms with van der Waals surface area (Å²) in [6.45, 7) is 0. The molecule has 0 radical (unpaired) electrons. The van der Waals surface area contributed by atoms with E-state index in [0.717, 1.165) is 27.9 Å². The Kier molecular flexibility index (Phi) is 5.18. The Bertz CT molecular complexity index is 2560. The molecule has 0 spiro atoms. The third-order valence-corrected chi connectivity index (χ3v) is 10.1. The lowest BCUT2D eigenvalue weighted by Crippen LogP contribution is -2.02. The van der Waals surface area contributed by atoms with Crippen molar-refractivity contribution in [1.29, 1.82) is 0 Å². The Morgan fingerprint density at radius 1 is 0.467 bits per heavy atom. The third-order valence-electron chi connectivity index (χ3n) is 9.03. The van der Waals surface area contributed by atoms with Crippen molar-refractivity contribution in [2.45, 2.75) is 9.79 Å². The van der Waals surface area contributed by atoms with Crippen LogP contribution in [-0.2, 0) is 0 Å². The zero-order valence-electron chi connectivity index (χ0n) is 24.1. The summed E-state index contributed by atoms with van der Waals surface area (Å²) in [5.41, 5.74) is 11.7. The van der Waals surface area contributed by atoms with Crippen LogP contribution in [0.1, 0.15) is 0 Å². The van der Waals surface area contributed by atoms with Crippen molar-refractivity contribution in [1.82, 2.24) is 19.1 Å². The Hall–Kier alpha value is -5.65. The molecule has 0 bridgehead atoms. The average Bonchev–Trinajstić information content (AvgIpc) is 3.63. The van der Waals surface area contributed by atoms with Crippen LogP contribution in [0.3, 0.4) is 0 Å². The van der Waals surface area contributed by atoms with Crippen LogP contribution in [0.4, 0.5) is 0 Å². The maximum Gasteiger partial charge on any atom is 0.0688 e. The summed E-state index contributed by atoms with van der Waals surface area (Å²) in [6.07, 6.45) is 7.53. The van der Waals surface area contributed by atoms with E-state index in [2.05, 4.69) is 128 Å². The van der Waals surface area contributed by atoms with Crippen molar-refractivity contribution in [2.75, 3.05) is 0 Å². The SMILES string of the molecule is c1cncc(-c2cc(-c3cccnc3)cc(-n3c4ccccc4c4c5c6ccccc6n6c5c(cc43)Sc3ccccc3-6)c2)c1. The van der Waals surface area contributed by atoms with Crippen LogP contribution in [0.2, 0.25) is 0 Å². The van der Waals surface area contributed by atoms with Gasteiger partial charge in [-0.2, -0.15) is 0 Å². The van der Waals surface area contributed by atoms with Crippen molar-refractivity contribution in [3.05, 3.63) is 146 Å². The van der Waals surface area contributed by atoms with Gasteiger partial charge in [0, 0.05) is 72.9 Å². The largest absolute Gasteiger partial charge is 0.309 e. The monoisotopic (exact) mass is 592 g/mol. The summed E-state index contributed by atoms with van der Waals surface area (Å²) in [6, 6.07) is 44.0. The molecule has 0 amide bonds. The second-order valence-corrected chi connectivity index (χ2v) is 12.6. The summed E-state index contributed by atoms with van der Waals surface area (Å²) >= 11 is 1.87. The van der Waals surface area contributed by atoms with Crippen molar-refractivity contribution < 1.29 is 0 Å². The summed E-state index contributed by atoms with van der Waals surface area (Å²) in [5, 5.41) is 5.13. The molecule has 5 heterocycles. The lowest BCUT2D eigenvalue weighted by Gasteiger charge is -2.20. The number of fused-ring (bicyclic) bond motifs is 9. The molecule has 5 heteroatoms. The van der Waals surface area contributed by atoms with Crippen LogP contribution in [-0.4, -0.2) is 19.1 Å². The van der Waals surface area contributed by atoms with E-state index in [1.807, 2.05) is 48.7 Å². The summed E-state index contributed by atoms with van der Waals surface area (Å²) in [5.74, 6) is 0. The van der Waals surface area contributed by atoms with Crippen LogP contribution in [0.5, 0.6) is 0 Å². The van der Waals surface area contributed by atoms with Gasteiger partial charge in [0.2, 0.25) is 0 Å². The van der Waals surface area contributed by atoms with Crippen LogP contribution in [0.25, 0.3) is 77.2 Å². The van der Waals surface area contributed by atoms with Crippen molar-refractivity contribution in [2.24, 2.45) is 0 Å². The van der Waals surface area contributed by atoms with Crippen LogP contribution in [0, 0.1) is 0 Å². The maximum absolute atomic E-state index is 4.44. The number of nitrogens with zero attached hydrogens (tertiary/aromatic N) is 4. The van der Waals surface area contributed by atoms with Crippen molar-refractivity contribution in [3.8, 4) is 33.6 Å². The maximum atomic E-state index is 4.44. The fourth-order valence-corrected chi connectivity index (χ4v) is 8.28. The Morgan fingerprint density at radius 2 is 1.09 bits per heavy atom. The number of para-hydroxylation sites is 3. The molecule has 0 saturated heterocycles. The quantitative estimate of drug-likeness (QED) is 0.205. The standard InChI is InChI=1S/C40H24N4S/c1-3-13-32-30(11-1)38-35(22-37-40-39(38)31-12-2-4-14-33(31)44(40)34-15-5-6-16-36(34)45-37)43(32)29-20-27(25-9-7-17-41-23-25)19-28(21-29)26-10-8-18-42-24-26/h1-24H. The highest BCUT2D eigenvalue weighted by atomic mass is 32.2. The molecule has 0 saturated carbocycles. The number of hydrogen-bond acceptors (Lipinski definition) is 3. The van der Waals surface area contributed by atoms with E-state index in [0.29, 0.717) is 0 Å². The molecule has 5 aromatic carbocycles. The number of rotatable bonds is 3. The van der Waals surface area contributed by atoms with Gasteiger partial charge in [0.1, 0.15) is 0 Å². The van der Waals surface area contributed by atoms with E-state index in [1.165, 1.54) is 59.1 Å². The van der Waals surface area contributed by atoms with Gasteiger partial charge >= 0.3 is 0 Å². The third kappa shape index (κ3) is 3.56. The van der Waals surface area contributed by atoms with Gasteiger partial charge in [0.05, 0.1) is 27.8 Å². The molecule has 1 aliphatic heterocycles. The van der Waals surface area contributed by atoms with E-state index in [9.17, 15) is 0 Å². The predicted octanol–water partition coefficient (Wildman–Crippen LogP) is 10.5. The average molecular weight is 593 g/mol. The predicted molar refractivity (Wildman–Crippen MR) is 186 cm³/mol. The van der Waals surface area contributed by atoms with Crippen molar-refractivity contribution >= 4 is 55.4 Å². The number of aromatic nitrogens is 4. The Morgan fingerprint density at radius 3 is 1.78 bits per heavy atom. The van der Waals surface area contributed by atoms with Gasteiger partial charge < -0.3 is 9.13 Å². The molecule has 9 aromatic rings. The molecular formula is C40H24N4S. The molecule has 45 heavy (non-hydrogen) atoms. The van der Waals surface area contributed by atoms with E-state index < -0.39 is 0 Å². The lowest BCUT2D eigenvalue weighted by atomic mass is 9.99. The summed E-state index contributed by atoms with van der Waals surface area (Å²) in [7, 11) is 0. The molecule has 0 atom stereocenters. The first-order valence-corrected chi connectivity index (χ1v) is 15.9. The van der Waals surface area contributed by atoms with Gasteiger partial charge in [-0.15, -0.1) is 0 Å². The molecule has 0 unspecified atom stereocenters.